The van der Waals surface area contributed by atoms with Crippen LogP contribution in [0.4, 0.5) is 5.69 Å². The van der Waals surface area contributed by atoms with Crippen LogP contribution in [-0.4, -0.2) is 20.5 Å². The Labute approximate surface area is 162 Å². The molecule has 0 aliphatic rings. The predicted molar refractivity (Wildman–Crippen MR) is 112 cm³/mol. The van der Waals surface area contributed by atoms with Crippen LogP contribution in [0.25, 0.3) is 10.9 Å². The van der Waals surface area contributed by atoms with Gasteiger partial charge >= 0.3 is 0 Å². The lowest BCUT2D eigenvalue weighted by Crippen LogP contribution is -2.16. The molecule has 140 valence electrons. The summed E-state index contributed by atoms with van der Waals surface area (Å²) >= 11 is 0. The van der Waals surface area contributed by atoms with Crippen LogP contribution in [-0.2, 0) is 7.05 Å². The fraction of sp³-hybridized carbons (Fsp3) is 0.136. The summed E-state index contributed by atoms with van der Waals surface area (Å²) in [5.41, 5.74) is 10.5. The van der Waals surface area contributed by atoms with E-state index in [0.717, 1.165) is 10.9 Å². The Bertz CT molecular complexity index is 1240. The van der Waals surface area contributed by atoms with Crippen molar-refractivity contribution >= 4 is 22.3 Å². The molecule has 0 amide bonds. The molecule has 0 aliphatic heterocycles. The van der Waals surface area contributed by atoms with Crippen molar-refractivity contribution < 1.29 is 0 Å². The molecule has 0 bridgehead atoms. The van der Waals surface area contributed by atoms with Crippen molar-refractivity contribution in [2.75, 3.05) is 5.73 Å². The molecule has 6 nitrogen and oxygen atoms in total. The number of aromatic amines is 1. The molecule has 0 spiro atoms. The van der Waals surface area contributed by atoms with Crippen LogP contribution >= 0.6 is 0 Å². The molecule has 4 rings (SSSR count). The van der Waals surface area contributed by atoms with Gasteiger partial charge in [0.2, 0.25) is 0 Å². The van der Waals surface area contributed by atoms with Gasteiger partial charge in [0, 0.05) is 41.5 Å². The Morgan fingerprint density at radius 2 is 1.96 bits per heavy atom. The normalized spacial score (nSPS) is 12.2. The van der Waals surface area contributed by atoms with Crippen molar-refractivity contribution in [3.8, 4) is 0 Å². The maximum absolute atomic E-state index is 12.7. The number of H-pyrrole nitrogens is 1. The number of hydrogen-bond acceptors (Lipinski definition) is 4. The highest BCUT2D eigenvalue weighted by Gasteiger charge is 2.16. The topological polar surface area (TPSA) is 101 Å². The van der Waals surface area contributed by atoms with Gasteiger partial charge in [0.25, 0.3) is 5.56 Å². The summed E-state index contributed by atoms with van der Waals surface area (Å²) in [4.78, 5) is 15.6. The fourth-order valence-corrected chi connectivity index (χ4v) is 3.45. The van der Waals surface area contributed by atoms with Crippen molar-refractivity contribution in [3.05, 3.63) is 93.5 Å². The molecule has 2 aromatic carbocycles. The SMILES string of the molecule is CC(c1ccccc1)c1cc2cc(C(=N)c3cnn(C)c3)c(N)cc2[nH]c1=O. The van der Waals surface area contributed by atoms with Gasteiger partial charge in [-0.15, -0.1) is 0 Å². The molecule has 0 saturated carbocycles. The van der Waals surface area contributed by atoms with E-state index >= 15 is 0 Å². The van der Waals surface area contributed by atoms with Gasteiger partial charge in [-0.2, -0.15) is 5.10 Å². The Morgan fingerprint density at radius 3 is 2.64 bits per heavy atom. The monoisotopic (exact) mass is 371 g/mol. The van der Waals surface area contributed by atoms with Crippen molar-refractivity contribution in [3.63, 3.8) is 0 Å². The summed E-state index contributed by atoms with van der Waals surface area (Å²) in [5, 5.41) is 13.5. The quantitative estimate of drug-likeness (QED) is 0.378. The van der Waals surface area contributed by atoms with Crippen LogP contribution in [0.3, 0.4) is 0 Å². The maximum atomic E-state index is 12.7. The number of nitrogens with two attached hydrogens (primary N) is 1. The third-order valence-electron chi connectivity index (χ3n) is 5.07. The average Bonchev–Trinajstić information content (AvgIpc) is 3.13. The zero-order valence-electron chi connectivity index (χ0n) is 15.7. The second-order valence-electron chi connectivity index (χ2n) is 6.99. The zero-order chi connectivity index (χ0) is 19.8. The van der Waals surface area contributed by atoms with Gasteiger partial charge in [0.05, 0.1) is 17.4 Å². The van der Waals surface area contributed by atoms with Gasteiger partial charge in [0.15, 0.2) is 0 Å². The number of rotatable bonds is 4. The number of nitrogens with zero attached hydrogens (tertiary/aromatic N) is 2. The first kappa shape index (κ1) is 17.7. The average molecular weight is 371 g/mol. The standard InChI is InChI=1S/C22H21N5O/c1-13(14-6-4-3-5-7-14)17-8-15-9-18(19(23)10-20(15)26-22(17)28)21(24)16-11-25-27(2)12-16/h3-13,24H,23H2,1-2H3,(H,26,28). The number of anilines is 1. The first-order chi connectivity index (χ1) is 13.4. The molecule has 2 heterocycles. The lowest BCUT2D eigenvalue weighted by Gasteiger charge is -2.14. The predicted octanol–water partition coefficient (Wildman–Crippen LogP) is 3.41. The molecule has 1 unspecified atom stereocenters. The molecular weight excluding hydrogens is 350 g/mol. The van der Waals surface area contributed by atoms with Crippen LogP contribution in [0.1, 0.15) is 35.1 Å². The molecule has 28 heavy (non-hydrogen) atoms. The number of nitrogen functional groups attached to an aromatic ring is 1. The van der Waals surface area contributed by atoms with E-state index in [-0.39, 0.29) is 11.5 Å². The van der Waals surface area contributed by atoms with Gasteiger partial charge in [-0.25, -0.2) is 0 Å². The summed E-state index contributed by atoms with van der Waals surface area (Å²) in [5.74, 6) is -0.0480. The van der Waals surface area contributed by atoms with Gasteiger partial charge in [0.1, 0.15) is 0 Å². The van der Waals surface area contributed by atoms with E-state index < -0.39 is 0 Å². The number of benzene rings is 2. The number of aryl methyl sites for hydroxylation is 1. The molecule has 0 aliphatic carbocycles. The van der Waals surface area contributed by atoms with Crippen molar-refractivity contribution in [1.29, 1.82) is 5.41 Å². The molecular formula is C22H21N5O. The lowest BCUT2D eigenvalue weighted by atomic mass is 9.92. The fourth-order valence-electron chi connectivity index (χ4n) is 3.45. The Kier molecular flexibility index (Phi) is 4.31. The number of pyridine rings is 1. The van der Waals surface area contributed by atoms with Gasteiger partial charge in [-0.1, -0.05) is 37.3 Å². The van der Waals surface area contributed by atoms with Crippen molar-refractivity contribution in [2.24, 2.45) is 7.05 Å². The highest BCUT2D eigenvalue weighted by molar-refractivity contribution is 6.15. The summed E-state index contributed by atoms with van der Waals surface area (Å²) < 4.78 is 1.65. The summed E-state index contributed by atoms with van der Waals surface area (Å²) in [6, 6.07) is 15.4. The number of fused-ring (bicyclic) bond motifs is 1. The number of nitrogens with one attached hydrogen (secondary N) is 2. The van der Waals surface area contributed by atoms with Gasteiger partial charge in [-0.3, -0.25) is 14.9 Å². The second-order valence-corrected chi connectivity index (χ2v) is 6.99. The van der Waals surface area contributed by atoms with E-state index in [1.54, 1.807) is 23.1 Å². The van der Waals surface area contributed by atoms with E-state index in [9.17, 15) is 4.79 Å². The van der Waals surface area contributed by atoms with E-state index in [0.29, 0.717) is 33.6 Å². The van der Waals surface area contributed by atoms with E-state index in [2.05, 4.69) is 10.1 Å². The smallest absolute Gasteiger partial charge is 0.252 e. The second kappa shape index (κ2) is 6.81. The van der Waals surface area contributed by atoms with E-state index in [4.69, 9.17) is 11.1 Å². The first-order valence-corrected chi connectivity index (χ1v) is 9.03. The summed E-state index contributed by atoms with van der Waals surface area (Å²) in [7, 11) is 1.81. The number of hydrogen-bond donors (Lipinski definition) is 3. The largest absolute Gasteiger partial charge is 0.398 e. The van der Waals surface area contributed by atoms with Crippen LogP contribution in [0, 0.1) is 5.41 Å². The Hall–Kier alpha value is -3.67. The molecule has 2 aromatic heterocycles. The van der Waals surface area contributed by atoms with E-state index in [1.807, 2.05) is 56.4 Å². The van der Waals surface area contributed by atoms with E-state index in [1.165, 1.54) is 0 Å². The van der Waals surface area contributed by atoms with Gasteiger partial charge < -0.3 is 10.7 Å². The highest BCUT2D eigenvalue weighted by atomic mass is 16.1. The summed E-state index contributed by atoms with van der Waals surface area (Å²) in [6.45, 7) is 2.02. The molecule has 4 aromatic rings. The minimum Gasteiger partial charge on any atom is -0.398 e. The van der Waals surface area contributed by atoms with Gasteiger partial charge in [-0.05, 0) is 29.1 Å². The minimum atomic E-state index is -0.127. The first-order valence-electron chi connectivity index (χ1n) is 9.03. The van der Waals surface area contributed by atoms with Crippen LogP contribution in [0.5, 0.6) is 0 Å². The third kappa shape index (κ3) is 3.09. The zero-order valence-corrected chi connectivity index (χ0v) is 15.7. The minimum absolute atomic E-state index is 0.0480. The number of aromatic nitrogens is 3. The van der Waals surface area contributed by atoms with Crippen LogP contribution in [0.15, 0.2) is 65.7 Å². The van der Waals surface area contributed by atoms with Crippen LogP contribution in [0.2, 0.25) is 0 Å². The van der Waals surface area contributed by atoms with Crippen LogP contribution < -0.4 is 11.3 Å². The molecule has 1 atom stereocenters. The highest BCUT2D eigenvalue weighted by Crippen LogP contribution is 2.27. The molecule has 0 fully saturated rings. The Morgan fingerprint density at radius 1 is 1.21 bits per heavy atom. The third-order valence-corrected chi connectivity index (χ3v) is 5.07. The maximum Gasteiger partial charge on any atom is 0.252 e. The molecule has 0 radical (unpaired) electrons. The van der Waals surface area contributed by atoms with Crippen molar-refractivity contribution in [1.82, 2.24) is 14.8 Å². The molecule has 4 N–H and O–H groups in total. The van der Waals surface area contributed by atoms with Crippen molar-refractivity contribution in [2.45, 2.75) is 12.8 Å². The Balaban J connectivity index is 1.83. The molecule has 6 heteroatoms. The lowest BCUT2D eigenvalue weighted by molar-refractivity contribution is 0.767. The molecule has 0 saturated heterocycles. The summed E-state index contributed by atoms with van der Waals surface area (Å²) in [6.07, 6.45) is 3.42.